The molecule has 0 unspecified atom stereocenters. The van der Waals surface area contributed by atoms with Crippen LogP contribution in [-0.4, -0.2) is 81.6 Å². The number of fused-ring (bicyclic) bond motifs is 1. The molecule has 53 heavy (non-hydrogen) atoms. The number of halogens is 2. The Balaban J connectivity index is 1.16. The molecule has 0 bridgehead atoms. The summed E-state index contributed by atoms with van der Waals surface area (Å²) in [5.74, 6) is -0.212. The summed E-state index contributed by atoms with van der Waals surface area (Å²) < 4.78 is 69.8. The van der Waals surface area contributed by atoms with Crippen LogP contribution in [0.4, 0.5) is 26.1 Å². The second kappa shape index (κ2) is 16.9. The van der Waals surface area contributed by atoms with Crippen molar-refractivity contribution in [1.82, 2.24) is 25.1 Å². The topological polar surface area (TPSA) is 162 Å². The number of amides is 1. The molecule has 1 atom stereocenters. The van der Waals surface area contributed by atoms with Crippen molar-refractivity contribution in [1.29, 1.82) is 0 Å². The number of anilines is 3. The van der Waals surface area contributed by atoms with E-state index in [1.165, 1.54) is 6.33 Å². The van der Waals surface area contributed by atoms with Gasteiger partial charge in [-0.15, -0.1) is 0 Å². The zero-order chi connectivity index (χ0) is 38.4. The lowest BCUT2D eigenvalue weighted by molar-refractivity contribution is -0.115. The van der Waals surface area contributed by atoms with Gasteiger partial charge in [0.25, 0.3) is 0 Å². The van der Waals surface area contributed by atoms with E-state index in [1.54, 1.807) is 25.3 Å². The molecule has 0 spiro atoms. The molecular formula is C36H48F2N7O7P. The molecule has 0 radical (unpaired) electrons. The average Bonchev–Trinajstić information content (AvgIpc) is 3.68. The van der Waals surface area contributed by atoms with Gasteiger partial charge < -0.3 is 20.1 Å². The fourth-order valence-electron chi connectivity index (χ4n) is 5.83. The Morgan fingerprint density at radius 3 is 2.40 bits per heavy atom. The number of aromatic amines is 1. The van der Waals surface area contributed by atoms with Crippen molar-refractivity contribution < 1.29 is 41.2 Å². The minimum Gasteiger partial charge on any atom is -0.493 e. The number of hydrogen-bond donors (Lipinski definition) is 3. The Morgan fingerprint density at radius 2 is 1.72 bits per heavy atom. The van der Waals surface area contributed by atoms with Crippen molar-refractivity contribution in [2.24, 2.45) is 0 Å². The second-order valence-corrected chi connectivity index (χ2v) is 16.2. The van der Waals surface area contributed by atoms with E-state index >= 15 is 0 Å². The molecule has 0 saturated carbocycles. The third-order valence-electron chi connectivity index (χ3n) is 7.84. The van der Waals surface area contributed by atoms with Gasteiger partial charge in [0, 0.05) is 47.6 Å². The van der Waals surface area contributed by atoms with Gasteiger partial charge in [-0.05, 0) is 85.5 Å². The van der Waals surface area contributed by atoms with Crippen molar-refractivity contribution in [3.63, 3.8) is 0 Å². The van der Waals surface area contributed by atoms with Crippen LogP contribution in [0.2, 0.25) is 0 Å². The summed E-state index contributed by atoms with van der Waals surface area (Å²) in [4.78, 5) is 23.6. The molecule has 288 valence electrons. The highest BCUT2D eigenvalue weighted by molar-refractivity contribution is 7.48. The Labute approximate surface area is 307 Å². The lowest BCUT2D eigenvalue weighted by atomic mass is 10.2. The smallest absolute Gasteiger partial charge is 0.475 e. The molecule has 4 aromatic rings. The molecule has 14 nitrogen and oxygen atoms in total. The summed E-state index contributed by atoms with van der Waals surface area (Å²) in [5, 5.41) is 13.3. The number of likely N-dealkylation sites (tertiary alicyclic amines) is 1. The first-order valence-electron chi connectivity index (χ1n) is 17.4. The highest BCUT2D eigenvalue weighted by atomic mass is 31.2. The first-order chi connectivity index (χ1) is 25.0. The number of benzene rings is 2. The summed E-state index contributed by atoms with van der Waals surface area (Å²) >= 11 is 0. The molecule has 1 aliphatic rings. The first-order valence-corrected chi connectivity index (χ1v) is 18.9. The summed E-state index contributed by atoms with van der Waals surface area (Å²) in [5.41, 5.74) is -0.326. The number of ether oxygens (including phenoxy) is 2. The van der Waals surface area contributed by atoms with Crippen LogP contribution in [0.1, 0.15) is 66.5 Å². The minimum atomic E-state index is -3.80. The Bertz CT molecular complexity index is 1890. The number of aromatic nitrogens is 4. The van der Waals surface area contributed by atoms with Crippen molar-refractivity contribution in [3.8, 4) is 11.5 Å². The molecule has 0 aliphatic carbocycles. The Kier molecular flexibility index (Phi) is 12.7. The summed E-state index contributed by atoms with van der Waals surface area (Å²) in [6.45, 7) is 13.2. The van der Waals surface area contributed by atoms with Gasteiger partial charge in [0.1, 0.15) is 23.8 Å². The van der Waals surface area contributed by atoms with Gasteiger partial charge in [-0.3, -0.25) is 28.4 Å². The standard InChI is InChI=1S/C36H48F2N7O7P/c1-35(2,3)51-53(47,52-36(4,5)6)50-21-27-10-8-11-45(27)12-9-13-49-31-20-29-28(19-30(31)48-7)34(40-22-39-29)42-32-17-26(43-44-32)18-33(46)41-25-15-23(37)14-24(38)16-25/h14-17,19-20,22,27H,8-13,18,21H2,1-7H3,(H,41,46)(H2,39,40,42,43,44)/t27-/m0/s1. The van der Waals surface area contributed by atoms with Crippen LogP contribution in [0.25, 0.3) is 10.9 Å². The van der Waals surface area contributed by atoms with E-state index < -0.39 is 36.6 Å². The SMILES string of the molecule is COc1cc2c(Nc3cc(CC(=O)Nc4cc(F)cc(F)c4)[nH]n3)ncnc2cc1OCCCN1CCC[C@H]1COP(=O)(OC(C)(C)C)OC(C)(C)C. The number of phosphoric acid groups is 1. The van der Waals surface area contributed by atoms with Crippen LogP contribution in [0.3, 0.4) is 0 Å². The van der Waals surface area contributed by atoms with Crippen molar-refractivity contribution in [2.75, 3.05) is 44.0 Å². The first kappa shape index (κ1) is 40.0. The van der Waals surface area contributed by atoms with Gasteiger partial charge in [-0.25, -0.2) is 23.3 Å². The maximum absolute atomic E-state index is 13.5. The average molecular weight is 760 g/mol. The minimum absolute atomic E-state index is 0.0137. The molecule has 3 N–H and O–H groups in total. The van der Waals surface area contributed by atoms with E-state index in [4.69, 9.17) is 23.0 Å². The molecule has 1 fully saturated rings. The van der Waals surface area contributed by atoms with Gasteiger partial charge in [0.05, 0.1) is 43.5 Å². The Morgan fingerprint density at radius 1 is 1.00 bits per heavy atom. The zero-order valence-electron chi connectivity index (χ0n) is 31.1. The van der Waals surface area contributed by atoms with E-state index in [9.17, 15) is 18.1 Å². The molecule has 3 heterocycles. The number of methoxy groups -OCH3 is 1. The van der Waals surface area contributed by atoms with E-state index in [2.05, 4.69) is 35.7 Å². The normalized spacial score (nSPS) is 15.5. The molecule has 1 amide bonds. The molecular weight excluding hydrogens is 711 g/mol. The van der Waals surface area contributed by atoms with Crippen LogP contribution in [0.15, 0.2) is 42.7 Å². The molecule has 5 rings (SSSR count). The summed E-state index contributed by atoms with van der Waals surface area (Å²) in [6, 6.07) is 8.05. The van der Waals surface area contributed by atoms with Crippen LogP contribution in [0, 0.1) is 11.6 Å². The van der Waals surface area contributed by atoms with Crippen molar-refractivity contribution in [3.05, 3.63) is 60.1 Å². The molecule has 2 aromatic carbocycles. The van der Waals surface area contributed by atoms with Gasteiger partial charge in [-0.2, -0.15) is 5.10 Å². The summed E-state index contributed by atoms with van der Waals surface area (Å²) in [7, 11) is -2.25. The molecule has 17 heteroatoms. The zero-order valence-corrected chi connectivity index (χ0v) is 32.0. The van der Waals surface area contributed by atoms with Gasteiger partial charge in [0.15, 0.2) is 17.3 Å². The largest absolute Gasteiger partial charge is 0.493 e. The number of H-pyrrole nitrogens is 1. The third-order valence-corrected chi connectivity index (χ3v) is 9.85. The number of rotatable bonds is 16. The molecule has 1 saturated heterocycles. The highest BCUT2D eigenvalue weighted by Crippen LogP contribution is 2.55. The van der Waals surface area contributed by atoms with Crippen molar-refractivity contribution >= 4 is 42.0 Å². The molecule has 1 aliphatic heterocycles. The van der Waals surface area contributed by atoms with E-state index in [0.29, 0.717) is 46.3 Å². The quantitative estimate of drug-likeness (QED) is 0.0761. The van der Waals surface area contributed by atoms with Crippen LogP contribution >= 0.6 is 7.82 Å². The highest BCUT2D eigenvalue weighted by Gasteiger charge is 2.38. The molecule has 2 aromatic heterocycles. The third kappa shape index (κ3) is 11.9. The predicted molar refractivity (Wildman–Crippen MR) is 197 cm³/mol. The maximum atomic E-state index is 13.5. The number of carbonyl (C=O) groups is 1. The number of carbonyl (C=O) groups excluding carboxylic acids is 1. The number of phosphoric ester groups is 1. The summed E-state index contributed by atoms with van der Waals surface area (Å²) in [6.07, 6.45) is 3.93. The van der Waals surface area contributed by atoms with Crippen LogP contribution in [0.5, 0.6) is 11.5 Å². The van der Waals surface area contributed by atoms with Crippen LogP contribution in [-0.2, 0) is 29.4 Å². The number of hydrogen-bond acceptors (Lipinski definition) is 12. The lowest BCUT2D eigenvalue weighted by Crippen LogP contribution is -2.35. The fraction of sp³-hybridized carbons (Fsp3) is 0.500. The van der Waals surface area contributed by atoms with Crippen LogP contribution < -0.4 is 20.1 Å². The van der Waals surface area contributed by atoms with Gasteiger partial charge >= 0.3 is 7.82 Å². The lowest BCUT2D eigenvalue weighted by Gasteiger charge is -2.32. The van der Waals surface area contributed by atoms with Gasteiger partial charge in [0.2, 0.25) is 5.91 Å². The van der Waals surface area contributed by atoms with Crippen molar-refractivity contribution in [2.45, 2.75) is 84.5 Å². The van der Waals surface area contributed by atoms with E-state index in [-0.39, 0.29) is 24.8 Å². The Hall–Kier alpha value is -4.21. The number of nitrogens with one attached hydrogen (secondary N) is 3. The number of nitrogens with zero attached hydrogens (tertiary/aromatic N) is 4. The van der Waals surface area contributed by atoms with E-state index in [1.807, 2.05) is 41.5 Å². The van der Waals surface area contributed by atoms with E-state index in [0.717, 1.165) is 50.6 Å². The maximum Gasteiger partial charge on any atom is 0.475 e. The second-order valence-electron chi connectivity index (χ2n) is 14.7. The van der Waals surface area contributed by atoms with Gasteiger partial charge in [-0.1, -0.05) is 0 Å². The monoisotopic (exact) mass is 759 g/mol. The predicted octanol–water partition coefficient (Wildman–Crippen LogP) is 7.55. The fourth-order valence-corrected chi connectivity index (χ4v) is 7.66.